The SMILES string of the molecule is COc1ccc(C(=O)N(C)CC2CCCN2)cc1[N+](=O)[O-]. The molecule has 1 aliphatic heterocycles. The Morgan fingerprint density at radius 2 is 2.33 bits per heavy atom. The highest BCUT2D eigenvalue weighted by Gasteiger charge is 2.22. The largest absolute Gasteiger partial charge is 0.490 e. The van der Waals surface area contributed by atoms with Crippen LogP contribution < -0.4 is 10.1 Å². The van der Waals surface area contributed by atoms with Crippen LogP contribution in [0.2, 0.25) is 0 Å². The summed E-state index contributed by atoms with van der Waals surface area (Å²) in [6, 6.07) is 4.56. The number of hydrogen-bond acceptors (Lipinski definition) is 5. The van der Waals surface area contributed by atoms with Gasteiger partial charge in [-0.3, -0.25) is 14.9 Å². The molecule has 1 heterocycles. The molecule has 0 saturated carbocycles. The highest BCUT2D eigenvalue weighted by molar-refractivity contribution is 5.95. The molecule has 21 heavy (non-hydrogen) atoms. The normalized spacial score (nSPS) is 17.5. The number of hydrogen-bond donors (Lipinski definition) is 1. The molecule has 0 spiro atoms. The molecule has 7 nitrogen and oxygen atoms in total. The van der Waals surface area contributed by atoms with Crippen molar-refractivity contribution in [1.82, 2.24) is 10.2 Å². The summed E-state index contributed by atoms with van der Waals surface area (Å²) in [7, 11) is 3.07. The fourth-order valence-corrected chi connectivity index (χ4v) is 2.51. The summed E-state index contributed by atoms with van der Waals surface area (Å²) in [6.07, 6.45) is 2.15. The lowest BCUT2D eigenvalue weighted by Crippen LogP contribution is -2.38. The summed E-state index contributed by atoms with van der Waals surface area (Å²) in [5.74, 6) is -0.0777. The van der Waals surface area contributed by atoms with Gasteiger partial charge < -0.3 is 15.0 Å². The Bertz CT molecular complexity index is 541. The van der Waals surface area contributed by atoms with Crippen molar-refractivity contribution in [3.8, 4) is 5.75 Å². The maximum atomic E-state index is 12.3. The number of nitro benzene ring substituents is 1. The number of nitro groups is 1. The number of carbonyl (C=O) groups is 1. The topological polar surface area (TPSA) is 84.7 Å². The monoisotopic (exact) mass is 293 g/mol. The van der Waals surface area contributed by atoms with E-state index >= 15 is 0 Å². The molecule has 7 heteroatoms. The number of benzene rings is 1. The van der Waals surface area contributed by atoms with Crippen LogP contribution in [0, 0.1) is 10.1 Å². The number of rotatable bonds is 5. The third-order valence-electron chi connectivity index (χ3n) is 3.63. The van der Waals surface area contributed by atoms with Gasteiger partial charge in [-0.05, 0) is 31.5 Å². The number of nitrogens with one attached hydrogen (secondary N) is 1. The van der Waals surface area contributed by atoms with Crippen molar-refractivity contribution in [2.24, 2.45) is 0 Å². The molecule has 0 aliphatic carbocycles. The minimum Gasteiger partial charge on any atom is -0.490 e. The Labute approximate surface area is 123 Å². The Morgan fingerprint density at radius 1 is 1.57 bits per heavy atom. The second-order valence-electron chi connectivity index (χ2n) is 5.12. The molecule has 2 rings (SSSR count). The predicted molar refractivity (Wildman–Crippen MR) is 77.6 cm³/mol. The highest BCUT2D eigenvalue weighted by Crippen LogP contribution is 2.28. The standard InChI is InChI=1S/C14H19N3O4/c1-16(9-11-4-3-7-15-11)14(18)10-5-6-13(21-2)12(8-10)17(19)20/h5-6,8,11,15H,3-4,7,9H2,1-2H3. The first kappa shape index (κ1) is 15.2. The molecule has 1 N–H and O–H groups in total. The van der Waals surface area contributed by atoms with E-state index in [2.05, 4.69) is 5.32 Å². The molecule has 0 aromatic heterocycles. The number of amides is 1. The van der Waals surface area contributed by atoms with E-state index in [1.54, 1.807) is 18.0 Å². The molecule has 114 valence electrons. The van der Waals surface area contributed by atoms with Gasteiger partial charge in [0, 0.05) is 31.3 Å². The molecular weight excluding hydrogens is 274 g/mol. The third kappa shape index (κ3) is 3.49. The van der Waals surface area contributed by atoms with Crippen LogP contribution in [0.5, 0.6) is 5.75 Å². The molecule has 1 amide bonds. The molecule has 1 atom stereocenters. The number of carbonyl (C=O) groups excluding carboxylic acids is 1. The van der Waals surface area contributed by atoms with E-state index in [-0.39, 0.29) is 17.3 Å². The zero-order valence-electron chi connectivity index (χ0n) is 12.2. The first-order chi connectivity index (χ1) is 10.0. The lowest BCUT2D eigenvalue weighted by atomic mass is 10.1. The third-order valence-corrected chi connectivity index (χ3v) is 3.63. The maximum absolute atomic E-state index is 12.3. The van der Waals surface area contributed by atoms with Gasteiger partial charge in [0.2, 0.25) is 0 Å². The zero-order valence-corrected chi connectivity index (χ0v) is 12.2. The summed E-state index contributed by atoms with van der Waals surface area (Å²) < 4.78 is 4.93. The second kappa shape index (κ2) is 6.53. The van der Waals surface area contributed by atoms with Crippen LogP contribution in [0.4, 0.5) is 5.69 Å². The van der Waals surface area contributed by atoms with E-state index < -0.39 is 4.92 Å². The van der Waals surface area contributed by atoms with Gasteiger partial charge in [-0.2, -0.15) is 0 Å². The Morgan fingerprint density at radius 3 is 2.90 bits per heavy atom. The summed E-state index contributed by atoms with van der Waals surface area (Å²) in [4.78, 5) is 24.4. The summed E-state index contributed by atoms with van der Waals surface area (Å²) in [6.45, 7) is 1.57. The lowest BCUT2D eigenvalue weighted by molar-refractivity contribution is -0.385. The fourth-order valence-electron chi connectivity index (χ4n) is 2.51. The lowest BCUT2D eigenvalue weighted by Gasteiger charge is -2.21. The number of ether oxygens (including phenoxy) is 1. The fraction of sp³-hybridized carbons (Fsp3) is 0.500. The zero-order chi connectivity index (χ0) is 15.4. The second-order valence-corrected chi connectivity index (χ2v) is 5.12. The predicted octanol–water partition coefficient (Wildman–Crippen LogP) is 1.43. The minimum atomic E-state index is -0.547. The van der Waals surface area contributed by atoms with Crippen molar-refractivity contribution in [3.05, 3.63) is 33.9 Å². The van der Waals surface area contributed by atoms with Gasteiger partial charge in [-0.25, -0.2) is 0 Å². The molecule has 1 aromatic rings. The molecule has 1 unspecified atom stereocenters. The number of methoxy groups -OCH3 is 1. The van der Waals surface area contributed by atoms with Crippen LogP contribution in [-0.2, 0) is 0 Å². The maximum Gasteiger partial charge on any atom is 0.311 e. The van der Waals surface area contributed by atoms with E-state index in [1.165, 1.54) is 19.2 Å². The van der Waals surface area contributed by atoms with Crippen LogP contribution in [0.15, 0.2) is 18.2 Å². The molecular formula is C14H19N3O4. The van der Waals surface area contributed by atoms with Crippen LogP contribution >= 0.6 is 0 Å². The molecule has 1 fully saturated rings. The van der Waals surface area contributed by atoms with Gasteiger partial charge in [0.25, 0.3) is 5.91 Å². The van der Waals surface area contributed by atoms with Crippen LogP contribution in [0.3, 0.4) is 0 Å². The van der Waals surface area contributed by atoms with Crippen LogP contribution in [0.1, 0.15) is 23.2 Å². The first-order valence-electron chi connectivity index (χ1n) is 6.84. The van der Waals surface area contributed by atoms with Gasteiger partial charge in [0.1, 0.15) is 0 Å². The van der Waals surface area contributed by atoms with Crippen LogP contribution in [-0.4, -0.2) is 49.0 Å². The molecule has 0 bridgehead atoms. The van der Waals surface area contributed by atoms with E-state index in [0.29, 0.717) is 18.2 Å². The average molecular weight is 293 g/mol. The molecule has 1 aliphatic rings. The van der Waals surface area contributed by atoms with E-state index in [0.717, 1.165) is 19.4 Å². The van der Waals surface area contributed by atoms with Crippen molar-refractivity contribution in [3.63, 3.8) is 0 Å². The van der Waals surface area contributed by atoms with Crippen molar-refractivity contribution in [1.29, 1.82) is 0 Å². The Hall–Kier alpha value is -2.15. The van der Waals surface area contributed by atoms with E-state index in [4.69, 9.17) is 4.74 Å². The van der Waals surface area contributed by atoms with Crippen molar-refractivity contribution < 1.29 is 14.5 Å². The summed E-state index contributed by atoms with van der Waals surface area (Å²) >= 11 is 0. The van der Waals surface area contributed by atoms with E-state index in [9.17, 15) is 14.9 Å². The van der Waals surface area contributed by atoms with Gasteiger partial charge in [0.05, 0.1) is 12.0 Å². The highest BCUT2D eigenvalue weighted by atomic mass is 16.6. The van der Waals surface area contributed by atoms with E-state index in [1.807, 2.05) is 0 Å². The van der Waals surface area contributed by atoms with Gasteiger partial charge >= 0.3 is 5.69 Å². The minimum absolute atomic E-state index is 0.150. The Kier molecular flexibility index (Phi) is 4.74. The average Bonchev–Trinajstić information content (AvgIpc) is 2.98. The van der Waals surface area contributed by atoms with Crippen LogP contribution in [0.25, 0.3) is 0 Å². The Balaban J connectivity index is 2.14. The number of likely N-dealkylation sites (N-methyl/N-ethyl adjacent to an activating group) is 1. The quantitative estimate of drug-likeness (QED) is 0.655. The molecule has 1 aromatic carbocycles. The van der Waals surface area contributed by atoms with Gasteiger partial charge in [-0.15, -0.1) is 0 Å². The summed E-state index contributed by atoms with van der Waals surface area (Å²) in [5.41, 5.74) is 0.0961. The van der Waals surface area contributed by atoms with Gasteiger partial charge in [0.15, 0.2) is 5.75 Å². The van der Waals surface area contributed by atoms with Gasteiger partial charge in [-0.1, -0.05) is 0 Å². The van der Waals surface area contributed by atoms with Crippen molar-refractivity contribution in [2.45, 2.75) is 18.9 Å². The molecule has 0 radical (unpaired) electrons. The van der Waals surface area contributed by atoms with Crippen molar-refractivity contribution in [2.75, 3.05) is 27.2 Å². The first-order valence-corrected chi connectivity index (χ1v) is 6.84. The number of nitrogens with zero attached hydrogens (tertiary/aromatic N) is 2. The summed E-state index contributed by atoms with van der Waals surface area (Å²) in [5, 5.41) is 14.3. The smallest absolute Gasteiger partial charge is 0.311 e. The van der Waals surface area contributed by atoms with Crippen molar-refractivity contribution >= 4 is 11.6 Å². The molecule has 1 saturated heterocycles.